The molecule has 1 aromatic rings. The zero-order chi connectivity index (χ0) is 13.6. The second-order valence-corrected chi connectivity index (χ2v) is 4.36. The minimum atomic E-state index is -2.93. The molecule has 0 aliphatic rings. The van der Waals surface area contributed by atoms with Gasteiger partial charge in [0.05, 0.1) is 6.54 Å². The quantitative estimate of drug-likeness (QED) is 0.664. The van der Waals surface area contributed by atoms with Crippen LogP contribution in [-0.2, 0) is 13.0 Å². The summed E-state index contributed by atoms with van der Waals surface area (Å²) in [7, 11) is 0. The summed E-state index contributed by atoms with van der Waals surface area (Å²) >= 11 is 0. The summed E-state index contributed by atoms with van der Waals surface area (Å²) in [4.78, 5) is 3.91. The van der Waals surface area contributed by atoms with Gasteiger partial charge in [-0.25, -0.2) is 0 Å². The summed E-state index contributed by atoms with van der Waals surface area (Å²) < 4.78 is 26.1. The number of aliphatic imine (C=N–C) groups is 1. The lowest BCUT2D eigenvalue weighted by atomic mass is 10.1. The van der Waals surface area contributed by atoms with Crippen molar-refractivity contribution < 1.29 is 8.78 Å². The SMILES string of the molecule is C=C/C(=N\Cc1ccc(CCC)cc1)C(C)(F)F. The van der Waals surface area contributed by atoms with Crippen molar-refractivity contribution in [2.75, 3.05) is 0 Å². The summed E-state index contributed by atoms with van der Waals surface area (Å²) in [6.45, 7) is 6.58. The zero-order valence-corrected chi connectivity index (χ0v) is 10.9. The number of alkyl halides is 2. The highest BCUT2D eigenvalue weighted by molar-refractivity contribution is 5.99. The Balaban J connectivity index is 2.73. The van der Waals surface area contributed by atoms with Crippen LogP contribution in [0, 0.1) is 0 Å². The van der Waals surface area contributed by atoms with E-state index >= 15 is 0 Å². The van der Waals surface area contributed by atoms with E-state index in [0.29, 0.717) is 0 Å². The Morgan fingerprint density at radius 1 is 1.28 bits per heavy atom. The zero-order valence-electron chi connectivity index (χ0n) is 10.9. The molecule has 0 saturated heterocycles. The highest BCUT2D eigenvalue weighted by atomic mass is 19.3. The van der Waals surface area contributed by atoms with Gasteiger partial charge in [0.2, 0.25) is 0 Å². The van der Waals surface area contributed by atoms with Crippen LogP contribution in [0.2, 0.25) is 0 Å². The molecule has 0 radical (unpaired) electrons. The number of nitrogens with zero attached hydrogens (tertiary/aromatic N) is 1. The third kappa shape index (κ3) is 4.40. The van der Waals surface area contributed by atoms with Crippen molar-refractivity contribution in [3.8, 4) is 0 Å². The van der Waals surface area contributed by atoms with Gasteiger partial charge in [-0.15, -0.1) is 0 Å². The van der Waals surface area contributed by atoms with E-state index in [4.69, 9.17) is 0 Å². The number of hydrogen-bond acceptors (Lipinski definition) is 1. The number of rotatable bonds is 6. The van der Waals surface area contributed by atoms with E-state index < -0.39 is 5.92 Å². The van der Waals surface area contributed by atoms with E-state index in [1.54, 1.807) is 0 Å². The molecule has 0 heterocycles. The predicted octanol–water partition coefficient (Wildman–Crippen LogP) is 4.42. The Labute approximate surface area is 107 Å². The van der Waals surface area contributed by atoms with Crippen LogP contribution >= 0.6 is 0 Å². The van der Waals surface area contributed by atoms with Gasteiger partial charge >= 0.3 is 0 Å². The number of aryl methyl sites for hydroxylation is 1. The number of allylic oxidation sites excluding steroid dienone is 1. The maximum atomic E-state index is 13.1. The second kappa shape index (κ2) is 6.43. The molecule has 0 fully saturated rings. The van der Waals surface area contributed by atoms with Crippen LogP contribution in [-0.4, -0.2) is 11.6 Å². The standard InChI is InChI=1S/C15H19F2N/c1-4-6-12-7-9-13(10-8-12)11-18-14(5-2)15(3,16)17/h5,7-10H,2,4,6,11H2,1,3H3/b18-14+. The molecule has 3 heteroatoms. The first-order valence-electron chi connectivity index (χ1n) is 6.10. The Hall–Kier alpha value is -1.51. The lowest BCUT2D eigenvalue weighted by molar-refractivity contribution is 0.101. The maximum absolute atomic E-state index is 13.1. The van der Waals surface area contributed by atoms with Crippen LogP contribution in [0.25, 0.3) is 0 Å². The molecule has 0 N–H and O–H groups in total. The van der Waals surface area contributed by atoms with Gasteiger partial charge in [0, 0.05) is 6.92 Å². The fourth-order valence-electron chi connectivity index (χ4n) is 1.66. The molecule has 0 aliphatic heterocycles. The molecule has 0 spiro atoms. The van der Waals surface area contributed by atoms with Crippen molar-refractivity contribution in [3.05, 3.63) is 48.0 Å². The number of hydrogen-bond donors (Lipinski definition) is 0. The molecule has 1 nitrogen and oxygen atoms in total. The van der Waals surface area contributed by atoms with E-state index in [1.807, 2.05) is 24.3 Å². The van der Waals surface area contributed by atoms with Crippen LogP contribution in [0.1, 0.15) is 31.4 Å². The molecule has 98 valence electrons. The Morgan fingerprint density at radius 3 is 2.28 bits per heavy atom. The average Bonchev–Trinajstić information content (AvgIpc) is 2.30. The molecule has 18 heavy (non-hydrogen) atoms. The third-order valence-electron chi connectivity index (χ3n) is 2.64. The largest absolute Gasteiger partial charge is 0.286 e. The fraction of sp³-hybridized carbons (Fsp3) is 0.400. The van der Waals surface area contributed by atoms with E-state index in [-0.39, 0.29) is 12.3 Å². The monoisotopic (exact) mass is 251 g/mol. The number of benzene rings is 1. The second-order valence-electron chi connectivity index (χ2n) is 4.36. The Kier molecular flexibility index (Phi) is 5.20. The van der Waals surface area contributed by atoms with Crippen LogP contribution in [0.5, 0.6) is 0 Å². The molecule has 0 atom stereocenters. The normalized spacial score (nSPS) is 12.6. The summed E-state index contributed by atoms with van der Waals surface area (Å²) in [6, 6.07) is 7.91. The van der Waals surface area contributed by atoms with E-state index in [0.717, 1.165) is 31.4 Å². The summed E-state index contributed by atoms with van der Waals surface area (Å²) in [5.41, 5.74) is 1.92. The first kappa shape index (κ1) is 14.6. The van der Waals surface area contributed by atoms with Gasteiger partial charge in [0.25, 0.3) is 5.92 Å². The van der Waals surface area contributed by atoms with E-state index in [9.17, 15) is 8.78 Å². The van der Waals surface area contributed by atoms with Crippen molar-refractivity contribution in [2.24, 2.45) is 4.99 Å². The van der Waals surface area contributed by atoms with Gasteiger partial charge in [-0.1, -0.05) is 44.2 Å². The van der Waals surface area contributed by atoms with Gasteiger partial charge in [-0.05, 0) is 23.6 Å². The van der Waals surface area contributed by atoms with Crippen LogP contribution in [0.3, 0.4) is 0 Å². The molecule has 1 rings (SSSR count). The minimum Gasteiger partial charge on any atom is -0.279 e. The molecule has 0 unspecified atom stereocenters. The molecular weight excluding hydrogens is 232 g/mol. The predicted molar refractivity (Wildman–Crippen MR) is 72.4 cm³/mol. The van der Waals surface area contributed by atoms with Crippen molar-refractivity contribution in [1.29, 1.82) is 0 Å². The van der Waals surface area contributed by atoms with E-state index in [1.165, 1.54) is 5.56 Å². The first-order valence-corrected chi connectivity index (χ1v) is 6.10. The van der Waals surface area contributed by atoms with Crippen molar-refractivity contribution in [1.82, 2.24) is 0 Å². The average molecular weight is 251 g/mol. The Morgan fingerprint density at radius 2 is 1.83 bits per heavy atom. The summed E-state index contributed by atoms with van der Waals surface area (Å²) in [5.74, 6) is -2.93. The molecule has 0 saturated carbocycles. The van der Waals surface area contributed by atoms with E-state index in [2.05, 4.69) is 18.5 Å². The first-order chi connectivity index (χ1) is 8.47. The van der Waals surface area contributed by atoms with Crippen molar-refractivity contribution >= 4 is 5.71 Å². The van der Waals surface area contributed by atoms with Crippen molar-refractivity contribution in [3.63, 3.8) is 0 Å². The van der Waals surface area contributed by atoms with Gasteiger partial charge < -0.3 is 0 Å². The highest BCUT2D eigenvalue weighted by Gasteiger charge is 2.26. The molecule has 0 aliphatic carbocycles. The molecule has 0 bridgehead atoms. The van der Waals surface area contributed by atoms with Gasteiger partial charge in [0.1, 0.15) is 5.71 Å². The van der Waals surface area contributed by atoms with Crippen LogP contribution in [0.15, 0.2) is 41.9 Å². The lowest BCUT2D eigenvalue weighted by Gasteiger charge is -2.10. The van der Waals surface area contributed by atoms with Gasteiger partial charge in [0.15, 0.2) is 0 Å². The fourth-order valence-corrected chi connectivity index (χ4v) is 1.66. The summed E-state index contributed by atoms with van der Waals surface area (Å²) in [6.07, 6.45) is 3.25. The van der Waals surface area contributed by atoms with Crippen molar-refractivity contribution in [2.45, 2.75) is 39.2 Å². The maximum Gasteiger partial charge on any atom is 0.286 e. The molecule has 0 amide bonds. The van der Waals surface area contributed by atoms with Gasteiger partial charge in [-0.3, -0.25) is 4.99 Å². The topological polar surface area (TPSA) is 12.4 Å². The third-order valence-corrected chi connectivity index (χ3v) is 2.64. The smallest absolute Gasteiger partial charge is 0.279 e. The molecular formula is C15H19F2N. The minimum absolute atomic E-state index is 0.261. The number of halogens is 2. The van der Waals surface area contributed by atoms with Crippen LogP contribution < -0.4 is 0 Å². The highest BCUT2D eigenvalue weighted by Crippen LogP contribution is 2.16. The lowest BCUT2D eigenvalue weighted by Crippen LogP contribution is -2.22. The van der Waals surface area contributed by atoms with Gasteiger partial charge in [-0.2, -0.15) is 8.78 Å². The Bertz CT molecular complexity index is 413. The molecule has 1 aromatic carbocycles. The summed E-state index contributed by atoms with van der Waals surface area (Å²) in [5, 5.41) is 0. The molecule has 0 aromatic heterocycles. The van der Waals surface area contributed by atoms with Crippen LogP contribution in [0.4, 0.5) is 8.78 Å².